The average Bonchev–Trinajstić information content (AvgIpc) is 3.07. The fourth-order valence-electron chi connectivity index (χ4n) is 5.46. The largest absolute Gasteiger partial charge is 0.253 e. The minimum atomic E-state index is 0.345. The average molecular weight is 539 g/mol. The zero-order chi connectivity index (χ0) is 28.1. The van der Waals surface area contributed by atoms with Crippen molar-refractivity contribution in [3.63, 3.8) is 0 Å². The van der Waals surface area contributed by atoms with Crippen LogP contribution >= 0.6 is 0 Å². The van der Waals surface area contributed by atoms with E-state index in [2.05, 4.69) is 158 Å². The first-order chi connectivity index (χ1) is 20.8. The van der Waals surface area contributed by atoms with Crippen molar-refractivity contribution in [3.05, 3.63) is 174 Å². The first kappa shape index (κ1) is 25.6. The molecule has 2 aliphatic rings. The van der Waals surface area contributed by atoms with Gasteiger partial charge in [0.25, 0.3) is 0 Å². The lowest BCUT2D eigenvalue weighted by Crippen LogP contribution is -2.16. The molecule has 5 aromatic rings. The highest BCUT2D eigenvalue weighted by atomic mass is 14.8. The lowest BCUT2D eigenvalue weighted by atomic mass is 9.87. The van der Waals surface area contributed by atoms with Gasteiger partial charge in [0.1, 0.15) is 0 Å². The molecule has 1 aliphatic heterocycles. The van der Waals surface area contributed by atoms with Crippen LogP contribution in [0.15, 0.2) is 156 Å². The number of aliphatic imine (C=N–C) groups is 1. The lowest BCUT2D eigenvalue weighted by molar-refractivity contribution is 0.855. The van der Waals surface area contributed by atoms with Gasteiger partial charge in [0.15, 0.2) is 0 Å². The van der Waals surface area contributed by atoms with Crippen LogP contribution in [0.2, 0.25) is 0 Å². The number of rotatable bonds is 6. The predicted octanol–water partition coefficient (Wildman–Crippen LogP) is 10.1. The standard InChI is InChI=1S/C40H30N2/c1-3-7-31(8-4-1)33-19-25-39-35(27-33)17-23-37(41-39)21-15-29-11-13-30(14-12-29)16-22-38-24-18-36-28-34(20-26-40(36)42-38)32-9-5-2-6-10-32/h1-17,19-28,36H,18H2/b21-15+,22-16+. The van der Waals surface area contributed by atoms with E-state index in [-0.39, 0.29) is 0 Å². The molecule has 1 atom stereocenters. The molecule has 0 N–H and O–H groups in total. The highest BCUT2D eigenvalue weighted by Gasteiger charge is 2.19. The Morgan fingerprint density at radius 3 is 2.07 bits per heavy atom. The van der Waals surface area contributed by atoms with Gasteiger partial charge in [-0.3, -0.25) is 4.99 Å². The molecular formula is C40H30N2. The van der Waals surface area contributed by atoms with E-state index in [0.29, 0.717) is 5.92 Å². The van der Waals surface area contributed by atoms with Crippen LogP contribution in [0.5, 0.6) is 0 Å². The van der Waals surface area contributed by atoms with Crippen LogP contribution in [0.25, 0.3) is 45.8 Å². The third kappa shape index (κ3) is 5.75. The summed E-state index contributed by atoms with van der Waals surface area (Å²) in [6, 6.07) is 40.2. The molecule has 1 unspecified atom stereocenters. The van der Waals surface area contributed by atoms with Gasteiger partial charge in [-0.1, -0.05) is 127 Å². The smallest absolute Gasteiger partial charge is 0.0709 e. The first-order valence-corrected chi connectivity index (χ1v) is 14.4. The van der Waals surface area contributed by atoms with Crippen molar-refractivity contribution >= 4 is 40.4 Å². The van der Waals surface area contributed by atoms with E-state index < -0.39 is 0 Å². The summed E-state index contributed by atoms with van der Waals surface area (Å²) < 4.78 is 0. The number of fused-ring (bicyclic) bond motifs is 2. The lowest BCUT2D eigenvalue weighted by Gasteiger charge is -2.21. The van der Waals surface area contributed by atoms with Gasteiger partial charge in [0, 0.05) is 17.0 Å². The summed E-state index contributed by atoms with van der Waals surface area (Å²) in [5.41, 5.74) is 11.3. The van der Waals surface area contributed by atoms with Gasteiger partial charge in [0.05, 0.1) is 16.9 Å². The third-order valence-corrected chi connectivity index (χ3v) is 7.79. The minimum Gasteiger partial charge on any atom is -0.253 e. The molecule has 4 aromatic carbocycles. The van der Waals surface area contributed by atoms with E-state index >= 15 is 0 Å². The molecular weight excluding hydrogens is 508 g/mol. The summed E-state index contributed by atoms with van der Waals surface area (Å²) >= 11 is 0. The number of allylic oxidation sites excluding steroid dienone is 6. The van der Waals surface area contributed by atoms with E-state index in [1.165, 1.54) is 22.3 Å². The van der Waals surface area contributed by atoms with Gasteiger partial charge < -0.3 is 0 Å². The Bertz CT molecular complexity index is 1920. The van der Waals surface area contributed by atoms with Crippen LogP contribution in [-0.4, -0.2) is 10.7 Å². The predicted molar refractivity (Wildman–Crippen MR) is 179 cm³/mol. The molecule has 0 spiro atoms. The maximum absolute atomic E-state index is 4.91. The summed E-state index contributed by atoms with van der Waals surface area (Å²) in [6.07, 6.45) is 18.3. The van der Waals surface area contributed by atoms with Gasteiger partial charge in [-0.25, -0.2) is 4.98 Å². The van der Waals surface area contributed by atoms with Crippen molar-refractivity contribution in [1.82, 2.24) is 4.98 Å². The fraction of sp³-hybridized carbons (Fsp3) is 0.0500. The quantitative estimate of drug-likeness (QED) is 0.211. The van der Waals surface area contributed by atoms with Gasteiger partial charge in [-0.05, 0) is 76.2 Å². The highest BCUT2D eigenvalue weighted by molar-refractivity contribution is 6.04. The summed E-state index contributed by atoms with van der Waals surface area (Å²) in [5.74, 6) is 0.345. The molecule has 0 amide bonds. The second-order valence-electron chi connectivity index (χ2n) is 10.7. The Morgan fingerprint density at radius 1 is 0.595 bits per heavy atom. The molecule has 0 bridgehead atoms. The molecule has 1 aromatic heterocycles. The summed E-state index contributed by atoms with van der Waals surface area (Å²) in [6.45, 7) is 0. The highest BCUT2D eigenvalue weighted by Crippen LogP contribution is 2.29. The monoisotopic (exact) mass is 538 g/mol. The Hall–Kier alpha value is -5.34. The molecule has 1 aliphatic carbocycles. The van der Waals surface area contributed by atoms with Crippen LogP contribution in [0, 0.1) is 5.92 Å². The Balaban J connectivity index is 0.990. The van der Waals surface area contributed by atoms with Crippen LogP contribution in [-0.2, 0) is 0 Å². The SMILES string of the molecule is C1=CC2=NC(/C=C/c3ccc(/C=C/c4ccc5cc(-c6ccccc6)ccc5n4)cc3)=CCC2C=C1c1ccccc1. The van der Waals surface area contributed by atoms with E-state index in [0.717, 1.165) is 45.6 Å². The van der Waals surface area contributed by atoms with E-state index in [1.807, 2.05) is 6.07 Å². The topological polar surface area (TPSA) is 25.2 Å². The van der Waals surface area contributed by atoms with Crippen molar-refractivity contribution < 1.29 is 0 Å². The van der Waals surface area contributed by atoms with Gasteiger partial charge in [-0.2, -0.15) is 0 Å². The van der Waals surface area contributed by atoms with Gasteiger partial charge >= 0.3 is 0 Å². The van der Waals surface area contributed by atoms with E-state index in [1.54, 1.807) is 0 Å². The second-order valence-corrected chi connectivity index (χ2v) is 10.7. The number of aromatic nitrogens is 1. The van der Waals surface area contributed by atoms with Crippen molar-refractivity contribution in [2.75, 3.05) is 0 Å². The zero-order valence-corrected chi connectivity index (χ0v) is 23.3. The normalized spacial score (nSPS) is 16.4. The third-order valence-electron chi connectivity index (χ3n) is 7.79. The maximum atomic E-state index is 4.91. The van der Waals surface area contributed by atoms with Crippen molar-refractivity contribution in [2.45, 2.75) is 6.42 Å². The van der Waals surface area contributed by atoms with Crippen LogP contribution < -0.4 is 0 Å². The second kappa shape index (κ2) is 11.6. The molecule has 0 radical (unpaired) electrons. The molecule has 2 heterocycles. The van der Waals surface area contributed by atoms with Gasteiger partial charge in [-0.15, -0.1) is 0 Å². The van der Waals surface area contributed by atoms with Gasteiger partial charge in [0.2, 0.25) is 0 Å². The summed E-state index contributed by atoms with van der Waals surface area (Å²) in [5, 5.41) is 1.14. The summed E-state index contributed by atoms with van der Waals surface area (Å²) in [4.78, 5) is 9.76. The van der Waals surface area contributed by atoms with E-state index in [9.17, 15) is 0 Å². The molecule has 2 heteroatoms. The molecule has 42 heavy (non-hydrogen) atoms. The van der Waals surface area contributed by atoms with E-state index in [4.69, 9.17) is 9.98 Å². The Labute approximate surface area is 247 Å². The zero-order valence-electron chi connectivity index (χ0n) is 23.3. The van der Waals surface area contributed by atoms with Crippen molar-refractivity contribution in [1.29, 1.82) is 0 Å². The minimum absolute atomic E-state index is 0.345. The van der Waals surface area contributed by atoms with Crippen molar-refractivity contribution in [2.24, 2.45) is 10.9 Å². The molecule has 200 valence electrons. The molecule has 2 nitrogen and oxygen atoms in total. The van der Waals surface area contributed by atoms with Crippen LogP contribution in [0.1, 0.15) is 28.8 Å². The first-order valence-electron chi connectivity index (χ1n) is 14.4. The number of nitrogens with zero attached hydrogens (tertiary/aromatic N) is 2. The number of hydrogen-bond donors (Lipinski definition) is 0. The number of hydrogen-bond acceptors (Lipinski definition) is 2. The molecule has 0 saturated heterocycles. The van der Waals surface area contributed by atoms with Crippen molar-refractivity contribution in [3.8, 4) is 11.1 Å². The number of benzene rings is 4. The molecule has 0 saturated carbocycles. The fourth-order valence-corrected chi connectivity index (χ4v) is 5.46. The molecule has 0 fully saturated rings. The van der Waals surface area contributed by atoms with Crippen LogP contribution in [0.3, 0.4) is 0 Å². The Morgan fingerprint density at radius 2 is 1.31 bits per heavy atom. The maximum Gasteiger partial charge on any atom is 0.0709 e. The molecule has 7 rings (SSSR count). The Kier molecular flexibility index (Phi) is 7.10. The van der Waals surface area contributed by atoms with Crippen LogP contribution in [0.4, 0.5) is 0 Å². The number of pyridine rings is 1. The summed E-state index contributed by atoms with van der Waals surface area (Å²) in [7, 11) is 0.